The van der Waals surface area contributed by atoms with Gasteiger partial charge in [0.1, 0.15) is 5.69 Å². The summed E-state index contributed by atoms with van der Waals surface area (Å²) in [6.07, 6.45) is 1.60. The molecule has 0 unspecified atom stereocenters. The summed E-state index contributed by atoms with van der Waals surface area (Å²) in [4.78, 5) is 34.8. The van der Waals surface area contributed by atoms with Crippen LogP contribution >= 0.6 is 23.2 Å². The first-order chi connectivity index (χ1) is 21.8. The van der Waals surface area contributed by atoms with E-state index >= 15 is 0 Å². The summed E-state index contributed by atoms with van der Waals surface area (Å²) in [5, 5.41) is 30.2. The topological polar surface area (TPSA) is 158 Å². The first-order valence-electron chi connectivity index (χ1n) is 14.1. The number of rotatable bonds is 14. The van der Waals surface area contributed by atoms with Crippen LogP contribution in [0.2, 0.25) is 10.0 Å². The molecule has 0 fully saturated rings. The van der Waals surface area contributed by atoms with Gasteiger partial charge in [0, 0.05) is 49.2 Å². The Morgan fingerprint density at radius 2 is 1.53 bits per heavy atom. The molecule has 0 aliphatic carbocycles. The number of nitrogens with zero attached hydrogens (tertiary/aromatic N) is 2. The van der Waals surface area contributed by atoms with Crippen molar-refractivity contribution in [3.63, 3.8) is 0 Å². The number of aromatic nitrogens is 2. The van der Waals surface area contributed by atoms with E-state index in [1.165, 1.54) is 7.11 Å². The lowest BCUT2D eigenvalue weighted by Gasteiger charge is -2.16. The number of pyridine rings is 2. The Labute approximate surface area is 271 Å². The average molecular weight is 654 g/mol. The van der Waals surface area contributed by atoms with Gasteiger partial charge in [-0.3, -0.25) is 14.6 Å². The molecule has 0 saturated heterocycles. The number of nitrogens with one attached hydrogen (secondary N) is 4. The van der Waals surface area contributed by atoms with Crippen molar-refractivity contribution in [3.8, 4) is 17.0 Å². The van der Waals surface area contributed by atoms with Crippen molar-refractivity contribution < 1.29 is 24.5 Å². The van der Waals surface area contributed by atoms with Crippen molar-refractivity contribution in [2.45, 2.75) is 20.0 Å². The highest BCUT2D eigenvalue weighted by atomic mass is 35.5. The van der Waals surface area contributed by atoms with Gasteiger partial charge in [-0.25, -0.2) is 4.98 Å². The Kier molecular flexibility index (Phi) is 12.2. The zero-order valence-corrected chi connectivity index (χ0v) is 26.3. The van der Waals surface area contributed by atoms with Gasteiger partial charge in [0.2, 0.25) is 5.88 Å². The normalized spacial score (nSPS) is 10.9. The summed E-state index contributed by atoms with van der Waals surface area (Å²) in [7, 11) is 1.45. The van der Waals surface area contributed by atoms with Gasteiger partial charge < -0.3 is 36.2 Å². The monoisotopic (exact) mass is 652 g/mol. The molecule has 2 aromatic carbocycles. The SMILES string of the molecule is COc1nc(C(=O)Nc2cccc(-c3cccc(NC(=O)c4ccc(CNCCO)cn4)c3Cl)c2C)c(Cl)cc1CNCCO. The minimum Gasteiger partial charge on any atom is -0.481 e. The molecule has 0 saturated carbocycles. The summed E-state index contributed by atoms with van der Waals surface area (Å²) in [5.41, 5.74) is 4.79. The maximum atomic E-state index is 13.3. The maximum Gasteiger partial charge on any atom is 0.275 e. The Bertz CT molecular complexity index is 1650. The number of hydrogen-bond donors (Lipinski definition) is 6. The molecule has 2 amide bonds. The second-order valence-electron chi connectivity index (χ2n) is 9.89. The molecule has 0 radical (unpaired) electrons. The van der Waals surface area contributed by atoms with Crippen LogP contribution in [0.15, 0.2) is 60.8 Å². The van der Waals surface area contributed by atoms with Crippen LogP contribution in [-0.2, 0) is 13.1 Å². The number of hydrogen-bond acceptors (Lipinski definition) is 9. The summed E-state index contributed by atoms with van der Waals surface area (Å²) in [6, 6.07) is 15.7. The van der Waals surface area contributed by atoms with Gasteiger partial charge in [0.25, 0.3) is 11.8 Å². The molecule has 2 heterocycles. The number of methoxy groups -OCH3 is 1. The number of amides is 2. The second kappa shape index (κ2) is 16.3. The van der Waals surface area contributed by atoms with Crippen LogP contribution in [0.3, 0.4) is 0 Å². The fourth-order valence-corrected chi connectivity index (χ4v) is 5.05. The first-order valence-corrected chi connectivity index (χ1v) is 14.9. The van der Waals surface area contributed by atoms with E-state index in [1.54, 1.807) is 48.7 Å². The highest BCUT2D eigenvalue weighted by Gasteiger charge is 2.20. The molecule has 6 N–H and O–H groups in total. The van der Waals surface area contributed by atoms with Gasteiger partial charge >= 0.3 is 0 Å². The van der Waals surface area contributed by atoms with Crippen LogP contribution in [0.5, 0.6) is 5.88 Å². The van der Waals surface area contributed by atoms with Crippen LogP contribution in [0, 0.1) is 6.92 Å². The van der Waals surface area contributed by atoms with E-state index in [4.69, 9.17) is 38.2 Å². The molecule has 0 aliphatic rings. The van der Waals surface area contributed by atoms with Crippen molar-refractivity contribution in [1.29, 1.82) is 0 Å². The number of anilines is 2. The third kappa shape index (κ3) is 8.54. The average Bonchev–Trinajstić information content (AvgIpc) is 3.04. The summed E-state index contributed by atoms with van der Waals surface area (Å²) < 4.78 is 5.37. The Morgan fingerprint density at radius 3 is 2.20 bits per heavy atom. The molecule has 0 atom stereocenters. The van der Waals surface area contributed by atoms with Crippen molar-refractivity contribution in [2.75, 3.05) is 44.0 Å². The number of ether oxygens (including phenoxy) is 1. The number of benzene rings is 2. The van der Waals surface area contributed by atoms with Gasteiger partial charge in [-0.05, 0) is 47.9 Å². The quantitative estimate of drug-likeness (QED) is 0.108. The van der Waals surface area contributed by atoms with Gasteiger partial charge in [0.15, 0.2) is 5.69 Å². The maximum absolute atomic E-state index is 13.3. The van der Waals surface area contributed by atoms with Gasteiger partial charge in [-0.1, -0.05) is 53.5 Å². The summed E-state index contributed by atoms with van der Waals surface area (Å²) in [6.45, 7) is 3.58. The first kappa shape index (κ1) is 33.8. The van der Waals surface area contributed by atoms with Crippen LogP contribution in [0.1, 0.15) is 37.7 Å². The van der Waals surface area contributed by atoms with E-state index < -0.39 is 11.8 Å². The van der Waals surface area contributed by atoms with Crippen LogP contribution in [0.25, 0.3) is 11.1 Å². The Hall–Kier alpha value is -4.10. The smallest absolute Gasteiger partial charge is 0.275 e. The van der Waals surface area contributed by atoms with Crippen LogP contribution in [0.4, 0.5) is 11.4 Å². The number of carbonyl (C=O) groups is 2. The molecule has 2 aromatic heterocycles. The van der Waals surface area contributed by atoms with Gasteiger partial charge in [0.05, 0.1) is 36.1 Å². The minimum absolute atomic E-state index is 0.00460. The lowest BCUT2D eigenvalue weighted by Crippen LogP contribution is -2.20. The minimum atomic E-state index is -0.525. The standard InChI is InChI=1S/C32H34Cl2N6O5/c1-19-22(5-3-7-25(19)38-31(44)29-24(33)15-21(18-36-12-14-42)32(40-29)45-2)23-6-4-8-26(28(23)34)39-30(43)27-10-9-20(17-37-27)16-35-11-13-41/h3-10,15,17,35-36,41-42H,11-14,16,18H2,1-2H3,(H,38,44)(H,39,43). The molecule has 13 heteroatoms. The third-order valence-corrected chi connectivity index (χ3v) is 7.52. The lowest BCUT2D eigenvalue weighted by molar-refractivity contribution is 0.101. The van der Waals surface area contributed by atoms with Crippen molar-refractivity contribution in [1.82, 2.24) is 20.6 Å². The number of aliphatic hydroxyl groups excluding tert-OH is 2. The zero-order chi connectivity index (χ0) is 32.3. The number of halogens is 2. The van der Waals surface area contributed by atoms with Crippen LogP contribution < -0.4 is 26.0 Å². The molecule has 0 bridgehead atoms. The third-order valence-electron chi connectivity index (χ3n) is 6.82. The molecule has 4 rings (SSSR count). The summed E-state index contributed by atoms with van der Waals surface area (Å²) in [5.74, 6) is -0.702. The van der Waals surface area contributed by atoms with E-state index in [9.17, 15) is 9.59 Å². The van der Waals surface area contributed by atoms with Gasteiger partial charge in [-0.15, -0.1) is 0 Å². The second-order valence-corrected chi connectivity index (χ2v) is 10.7. The number of aliphatic hydroxyl groups is 2. The zero-order valence-electron chi connectivity index (χ0n) is 24.8. The molecular formula is C32H34Cl2N6O5. The van der Waals surface area contributed by atoms with E-state index in [0.717, 1.165) is 16.7 Å². The molecule has 0 spiro atoms. The molecule has 45 heavy (non-hydrogen) atoms. The molecular weight excluding hydrogens is 619 g/mol. The number of carbonyl (C=O) groups excluding carboxylic acids is 2. The van der Waals surface area contributed by atoms with Gasteiger partial charge in [-0.2, -0.15) is 0 Å². The lowest BCUT2D eigenvalue weighted by atomic mass is 9.98. The van der Waals surface area contributed by atoms with Crippen molar-refractivity contribution in [3.05, 3.63) is 98.9 Å². The highest BCUT2D eigenvalue weighted by Crippen LogP contribution is 2.37. The molecule has 236 valence electrons. The Balaban J connectivity index is 1.52. The van der Waals surface area contributed by atoms with Crippen molar-refractivity contribution >= 4 is 46.4 Å². The van der Waals surface area contributed by atoms with E-state index in [-0.39, 0.29) is 35.5 Å². The predicted octanol–water partition coefficient (Wildman–Crippen LogP) is 4.44. The predicted molar refractivity (Wildman–Crippen MR) is 175 cm³/mol. The largest absolute Gasteiger partial charge is 0.481 e. The fraction of sp³-hybridized carbons (Fsp3) is 0.250. The molecule has 4 aromatic rings. The van der Waals surface area contributed by atoms with E-state index in [1.807, 2.05) is 19.1 Å². The van der Waals surface area contributed by atoms with Crippen LogP contribution in [-0.4, -0.2) is 65.4 Å². The Morgan fingerprint density at radius 1 is 0.867 bits per heavy atom. The van der Waals surface area contributed by atoms with E-state index in [0.29, 0.717) is 53.7 Å². The van der Waals surface area contributed by atoms with Crippen molar-refractivity contribution in [2.24, 2.45) is 0 Å². The molecule has 11 nitrogen and oxygen atoms in total. The highest BCUT2D eigenvalue weighted by molar-refractivity contribution is 6.37. The van der Waals surface area contributed by atoms with E-state index in [2.05, 4.69) is 31.2 Å². The molecule has 0 aliphatic heterocycles. The fourth-order valence-electron chi connectivity index (χ4n) is 4.52. The summed E-state index contributed by atoms with van der Waals surface area (Å²) >= 11 is 13.2.